The van der Waals surface area contributed by atoms with Gasteiger partial charge in [-0.1, -0.05) is 0 Å². The van der Waals surface area contributed by atoms with Gasteiger partial charge in [0, 0.05) is 36.3 Å². The van der Waals surface area contributed by atoms with Gasteiger partial charge in [-0.25, -0.2) is 8.78 Å². The number of carbonyl (C=O) groups is 1. The van der Waals surface area contributed by atoms with E-state index in [1.807, 2.05) is 0 Å². The first kappa shape index (κ1) is 17.9. The molecular formula is C16H21ClF2N2O2. The molecule has 2 aliphatic heterocycles. The second-order valence-electron chi connectivity index (χ2n) is 6.20. The van der Waals surface area contributed by atoms with Crippen LogP contribution in [-0.2, 0) is 4.79 Å². The molecule has 4 nitrogen and oxygen atoms in total. The normalized spacial score (nSPS) is 25.6. The van der Waals surface area contributed by atoms with Crippen LogP contribution in [0.2, 0.25) is 0 Å². The number of nitrogens with one attached hydrogen (secondary N) is 2. The van der Waals surface area contributed by atoms with Crippen molar-refractivity contribution >= 4 is 24.0 Å². The lowest BCUT2D eigenvalue weighted by molar-refractivity contribution is -0.117. The van der Waals surface area contributed by atoms with Crippen molar-refractivity contribution in [3.63, 3.8) is 0 Å². The Morgan fingerprint density at radius 1 is 1.26 bits per heavy atom. The molecule has 23 heavy (non-hydrogen) atoms. The van der Waals surface area contributed by atoms with E-state index in [1.165, 1.54) is 20.0 Å². The molecule has 0 aliphatic carbocycles. The molecule has 2 atom stereocenters. The van der Waals surface area contributed by atoms with E-state index < -0.39 is 17.4 Å². The maximum atomic E-state index is 13.6. The van der Waals surface area contributed by atoms with Gasteiger partial charge in [0.25, 0.3) is 0 Å². The second-order valence-corrected chi connectivity index (χ2v) is 6.20. The van der Waals surface area contributed by atoms with E-state index in [9.17, 15) is 13.6 Å². The zero-order chi connectivity index (χ0) is 15.7. The third kappa shape index (κ3) is 4.12. The van der Waals surface area contributed by atoms with Crippen LogP contribution in [0.15, 0.2) is 12.1 Å². The van der Waals surface area contributed by atoms with Crippen molar-refractivity contribution in [2.24, 2.45) is 5.92 Å². The topological polar surface area (TPSA) is 50.4 Å². The van der Waals surface area contributed by atoms with Crippen LogP contribution in [0, 0.1) is 17.6 Å². The number of methoxy groups -OCH3 is 1. The maximum absolute atomic E-state index is 13.6. The molecule has 2 heterocycles. The van der Waals surface area contributed by atoms with E-state index in [1.54, 1.807) is 0 Å². The van der Waals surface area contributed by atoms with Crippen LogP contribution in [0.3, 0.4) is 0 Å². The largest absolute Gasteiger partial charge is 0.491 e. The molecule has 2 aliphatic rings. The Bertz CT molecular complexity index is 550. The molecule has 2 bridgehead atoms. The zero-order valence-corrected chi connectivity index (χ0v) is 13.7. The van der Waals surface area contributed by atoms with Crippen LogP contribution in [-0.4, -0.2) is 25.1 Å². The highest BCUT2D eigenvalue weighted by molar-refractivity contribution is 5.91. The fourth-order valence-corrected chi connectivity index (χ4v) is 3.64. The number of piperidine rings is 1. The number of fused-ring (bicyclic) bond motifs is 2. The Hall–Kier alpha value is -1.40. The highest BCUT2D eigenvalue weighted by atomic mass is 35.5. The van der Waals surface area contributed by atoms with Gasteiger partial charge in [-0.2, -0.15) is 0 Å². The third-order valence-electron chi connectivity index (χ3n) is 4.53. The first-order valence-electron chi connectivity index (χ1n) is 7.64. The zero-order valence-electron chi connectivity index (χ0n) is 12.9. The van der Waals surface area contributed by atoms with Crippen LogP contribution in [0.4, 0.5) is 14.5 Å². The van der Waals surface area contributed by atoms with Gasteiger partial charge < -0.3 is 15.4 Å². The van der Waals surface area contributed by atoms with E-state index in [0.29, 0.717) is 24.4 Å². The summed E-state index contributed by atoms with van der Waals surface area (Å²) in [6.45, 7) is 0. The molecule has 2 N–H and O–H groups in total. The number of carbonyl (C=O) groups excluding carboxylic acids is 1. The van der Waals surface area contributed by atoms with Crippen LogP contribution in [0.25, 0.3) is 0 Å². The second kappa shape index (κ2) is 7.45. The minimum atomic E-state index is -0.822. The van der Waals surface area contributed by atoms with Crippen molar-refractivity contribution < 1.29 is 18.3 Å². The van der Waals surface area contributed by atoms with Crippen molar-refractivity contribution in [3.8, 4) is 5.75 Å². The number of halogens is 3. The number of rotatable bonds is 4. The molecular weight excluding hydrogens is 326 g/mol. The highest BCUT2D eigenvalue weighted by Gasteiger charge is 2.34. The lowest BCUT2D eigenvalue weighted by Crippen LogP contribution is -2.39. The number of ether oxygens (including phenoxy) is 1. The molecule has 0 aromatic heterocycles. The molecule has 0 saturated carbocycles. The molecule has 1 amide bonds. The summed E-state index contributed by atoms with van der Waals surface area (Å²) in [7, 11) is 1.20. The molecule has 1 aromatic rings. The Labute approximate surface area is 140 Å². The van der Waals surface area contributed by atoms with Gasteiger partial charge in [0.15, 0.2) is 17.4 Å². The van der Waals surface area contributed by atoms with Crippen LogP contribution >= 0.6 is 12.4 Å². The Kier molecular flexibility index (Phi) is 5.81. The summed E-state index contributed by atoms with van der Waals surface area (Å²) in [4.78, 5) is 12.1. The van der Waals surface area contributed by atoms with Gasteiger partial charge in [0.05, 0.1) is 7.11 Å². The van der Waals surface area contributed by atoms with Gasteiger partial charge in [-0.15, -0.1) is 12.4 Å². The average Bonchev–Trinajstić information content (AvgIpc) is 2.77. The Balaban J connectivity index is 0.00000192. The first-order valence-corrected chi connectivity index (χ1v) is 7.64. The fourth-order valence-electron chi connectivity index (χ4n) is 3.64. The molecule has 2 fully saturated rings. The van der Waals surface area contributed by atoms with Crippen molar-refractivity contribution in [2.75, 3.05) is 12.4 Å². The summed E-state index contributed by atoms with van der Waals surface area (Å²) in [6, 6.07) is 3.19. The van der Waals surface area contributed by atoms with Crippen molar-refractivity contribution in [1.29, 1.82) is 0 Å². The Morgan fingerprint density at radius 3 is 2.35 bits per heavy atom. The smallest absolute Gasteiger partial charge is 0.224 e. The number of hydrogen-bond donors (Lipinski definition) is 2. The van der Waals surface area contributed by atoms with E-state index in [4.69, 9.17) is 0 Å². The molecule has 0 spiro atoms. The summed E-state index contributed by atoms with van der Waals surface area (Å²) in [5.41, 5.74) is 0.123. The molecule has 2 unspecified atom stereocenters. The van der Waals surface area contributed by atoms with Gasteiger partial charge in [0.2, 0.25) is 5.91 Å². The lowest BCUT2D eigenvalue weighted by atomic mass is 9.89. The Morgan fingerprint density at radius 2 is 1.83 bits per heavy atom. The predicted octanol–water partition coefficient (Wildman–Crippen LogP) is 3.25. The summed E-state index contributed by atoms with van der Waals surface area (Å²) >= 11 is 0. The monoisotopic (exact) mass is 346 g/mol. The SMILES string of the molecule is COc1c(F)cc(NC(=O)CC2CC3CCC(C2)N3)cc1F.Cl. The number of amides is 1. The van der Waals surface area contributed by atoms with E-state index in [2.05, 4.69) is 15.4 Å². The molecule has 3 rings (SSSR count). The van der Waals surface area contributed by atoms with E-state index in [-0.39, 0.29) is 24.0 Å². The fraction of sp³-hybridized carbons (Fsp3) is 0.562. The predicted molar refractivity (Wildman–Crippen MR) is 86.1 cm³/mol. The standard InChI is InChI=1S/C16H20F2N2O2.ClH/c1-22-16-13(17)7-12(8-14(16)18)20-15(21)6-9-4-10-2-3-11(5-9)19-10;/h7-11,19H,2-6H2,1H3,(H,20,21);1H. The summed E-state index contributed by atoms with van der Waals surface area (Å²) in [5, 5.41) is 6.10. The average molecular weight is 347 g/mol. The van der Waals surface area contributed by atoms with E-state index >= 15 is 0 Å². The molecule has 1 aromatic carbocycles. The molecule has 7 heteroatoms. The van der Waals surface area contributed by atoms with Crippen LogP contribution in [0.1, 0.15) is 32.1 Å². The summed E-state index contributed by atoms with van der Waals surface area (Å²) in [6.07, 6.45) is 4.74. The maximum Gasteiger partial charge on any atom is 0.224 e. The number of benzene rings is 1. The molecule has 2 saturated heterocycles. The first-order chi connectivity index (χ1) is 10.5. The third-order valence-corrected chi connectivity index (χ3v) is 4.53. The van der Waals surface area contributed by atoms with Crippen LogP contribution < -0.4 is 15.4 Å². The van der Waals surface area contributed by atoms with Gasteiger partial charge in [-0.3, -0.25) is 4.79 Å². The highest BCUT2D eigenvalue weighted by Crippen LogP contribution is 2.33. The van der Waals surface area contributed by atoms with Crippen molar-refractivity contribution in [3.05, 3.63) is 23.8 Å². The van der Waals surface area contributed by atoms with E-state index in [0.717, 1.165) is 25.0 Å². The van der Waals surface area contributed by atoms with Gasteiger partial charge in [0.1, 0.15) is 0 Å². The molecule has 128 valence electrons. The van der Waals surface area contributed by atoms with Crippen molar-refractivity contribution in [1.82, 2.24) is 5.32 Å². The lowest BCUT2D eigenvalue weighted by Gasteiger charge is -2.28. The number of hydrogen-bond acceptors (Lipinski definition) is 3. The summed E-state index contributed by atoms with van der Waals surface area (Å²) in [5.74, 6) is -1.94. The van der Waals surface area contributed by atoms with Gasteiger partial charge in [-0.05, 0) is 31.6 Å². The summed E-state index contributed by atoms with van der Waals surface area (Å²) < 4.78 is 31.8. The molecule has 0 radical (unpaired) electrons. The van der Waals surface area contributed by atoms with Crippen molar-refractivity contribution in [2.45, 2.75) is 44.2 Å². The number of anilines is 1. The van der Waals surface area contributed by atoms with Crippen LogP contribution in [0.5, 0.6) is 5.75 Å². The minimum Gasteiger partial charge on any atom is -0.491 e. The quantitative estimate of drug-likeness (QED) is 0.880. The van der Waals surface area contributed by atoms with Gasteiger partial charge >= 0.3 is 0 Å². The minimum absolute atomic E-state index is 0.